The van der Waals surface area contributed by atoms with Crippen LogP contribution in [-0.2, 0) is 0 Å². The highest BCUT2D eigenvalue weighted by atomic mass is 32.2. The molecule has 0 aliphatic carbocycles. The fourth-order valence-corrected chi connectivity index (χ4v) is 2.40. The van der Waals surface area contributed by atoms with Crippen molar-refractivity contribution in [1.29, 1.82) is 0 Å². The minimum absolute atomic E-state index is 0.203. The van der Waals surface area contributed by atoms with E-state index in [9.17, 15) is 13.6 Å². The van der Waals surface area contributed by atoms with Crippen molar-refractivity contribution < 1.29 is 13.6 Å². The molecule has 0 saturated carbocycles. The number of amides is 1. The van der Waals surface area contributed by atoms with Crippen LogP contribution in [0.25, 0.3) is 0 Å². The summed E-state index contributed by atoms with van der Waals surface area (Å²) in [5, 5.41) is 2.77. The number of rotatable bonds is 4. The van der Waals surface area contributed by atoms with Crippen molar-refractivity contribution in [3.63, 3.8) is 0 Å². The van der Waals surface area contributed by atoms with Gasteiger partial charge in [-0.05, 0) is 49.7 Å². The first kappa shape index (κ1) is 15.5. The highest BCUT2D eigenvalue weighted by Crippen LogP contribution is 2.26. The quantitative estimate of drug-likeness (QED) is 0.816. The number of carbonyl (C=O) groups is 1. The molecule has 0 atom stereocenters. The minimum Gasteiger partial charge on any atom is -0.322 e. The van der Waals surface area contributed by atoms with Gasteiger partial charge in [-0.2, -0.15) is 8.78 Å². The third kappa shape index (κ3) is 4.29. The Kier molecular flexibility index (Phi) is 4.96. The molecular formula is C16H15F2NOS. The molecule has 0 unspecified atom stereocenters. The second-order valence-electron chi connectivity index (χ2n) is 4.68. The number of alkyl halides is 2. The van der Waals surface area contributed by atoms with Crippen LogP contribution < -0.4 is 5.32 Å². The molecule has 2 aromatic carbocycles. The number of thioether (sulfide) groups is 1. The fraction of sp³-hybridized carbons (Fsp3) is 0.188. The van der Waals surface area contributed by atoms with Crippen LogP contribution in [0.2, 0.25) is 0 Å². The van der Waals surface area contributed by atoms with E-state index in [1.807, 2.05) is 32.0 Å². The average molecular weight is 307 g/mol. The van der Waals surface area contributed by atoms with Gasteiger partial charge in [0.1, 0.15) is 0 Å². The molecule has 0 aliphatic heterocycles. The van der Waals surface area contributed by atoms with Gasteiger partial charge in [0, 0.05) is 16.1 Å². The molecule has 0 spiro atoms. The lowest BCUT2D eigenvalue weighted by Gasteiger charge is -2.09. The molecule has 0 bridgehead atoms. The Morgan fingerprint density at radius 1 is 1.10 bits per heavy atom. The normalized spacial score (nSPS) is 10.7. The van der Waals surface area contributed by atoms with E-state index in [-0.39, 0.29) is 5.91 Å². The Balaban J connectivity index is 2.10. The van der Waals surface area contributed by atoms with E-state index in [4.69, 9.17) is 0 Å². The van der Waals surface area contributed by atoms with Gasteiger partial charge in [0.25, 0.3) is 11.7 Å². The van der Waals surface area contributed by atoms with E-state index in [2.05, 4.69) is 5.32 Å². The second kappa shape index (κ2) is 6.72. The highest BCUT2D eigenvalue weighted by molar-refractivity contribution is 7.99. The van der Waals surface area contributed by atoms with Crippen LogP contribution in [0.1, 0.15) is 21.5 Å². The summed E-state index contributed by atoms with van der Waals surface area (Å²) in [6.45, 7) is 3.79. The molecule has 2 aromatic rings. The van der Waals surface area contributed by atoms with E-state index in [0.29, 0.717) is 27.9 Å². The molecule has 5 heteroatoms. The predicted molar refractivity (Wildman–Crippen MR) is 82.2 cm³/mol. The molecule has 1 amide bonds. The molecule has 110 valence electrons. The summed E-state index contributed by atoms with van der Waals surface area (Å²) in [4.78, 5) is 12.7. The van der Waals surface area contributed by atoms with Crippen molar-refractivity contribution in [2.24, 2.45) is 0 Å². The van der Waals surface area contributed by atoms with Crippen molar-refractivity contribution in [3.8, 4) is 0 Å². The molecule has 21 heavy (non-hydrogen) atoms. The maximum Gasteiger partial charge on any atom is 0.288 e. The summed E-state index contributed by atoms with van der Waals surface area (Å²) in [5.41, 5.74) is 3.10. The van der Waals surface area contributed by atoms with Gasteiger partial charge in [0.05, 0.1) is 0 Å². The Hall–Kier alpha value is -1.88. The van der Waals surface area contributed by atoms with Crippen molar-refractivity contribution in [1.82, 2.24) is 0 Å². The summed E-state index contributed by atoms with van der Waals surface area (Å²) >= 11 is 0.481. The Labute approximate surface area is 126 Å². The lowest BCUT2D eigenvalue weighted by atomic mass is 10.1. The second-order valence-corrected chi connectivity index (χ2v) is 5.74. The lowest BCUT2D eigenvalue weighted by Crippen LogP contribution is -2.13. The summed E-state index contributed by atoms with van der Waals surface area (Å²) in [6, 6.07) is 12.0. The molecule has 0 saturated heterocycles. The zero-order chi connectivity index (χ0) is 15.4. The molecule has 2 nitrogen and oxygen atoms in total. The molecule has 0 aromatic heterocycles. The Morgan fingerprint density at radius 3 is 2.38 bits per heavy atom. The Morgan fingerprint density at radius 2 is 1.76 bits per heavy atom. The van der Waals surface area contributed by atoms with Gasteiger partial charge in [0.15, 0.2) is 0 Å². The van der Waals surface area contributed by atoms with Gasteiger partial charge in [-0.1, -0.05) is 29.5 Å². The van der Waals surface area contributed by atoms with Crippen LogP contribution in [-0.4, -0.2) is 11.7 Å². The van der Waals surface area contributed by atoms with E-state index in [0.717, 1.165) is 11.1 Å². The first-order valence-electron chi connectivity index (χ1n) is 6.39. The van der Waals surface area contributed by atoms with Crippen LogP contribution in [0.15, 0.2) is 47.4 Å². The van der Waals surface area contributed by atoms with Gasteiger partial charge in [-0.25, -0.2) is 0 Å². The zero-order valence-electron chi connectivity index (χ0n) is 11.7. The third-order valence-corrected chi connectivity index (χ3v) is 3.70. The van der Waals surface area contributed by atoms with Gasteiger partial charge in [-0.15, -0.1) is 0 Å². The minimum atomic E-state index is -2.44. The molecule has 2 rings (SSSR count). The third-order valence-electron chi connectivity index (χ3n) is 2.98. The number of hydrogen-bond donors (Lipinski definition) is 1. The number of nitrogens with one attached hydrogen (secondary N) is 1. The SMILES string of the molecule is Cc1ccc(C)c(C(=O)Nc2ccc(SC(F)F)cc2)c1. The van der Waals surface area contributed by atoms with Crippen LogP contribution >= 0.6 is 11.8 Å². The summed E-state index contributed by atoms with van der Waals surface area (Å²) in [6.07, 6.45) is 0. The number of anilines is 1. The number of carbonyl (C=O) groups excluding carboxylic acids is 1. The van der Waals surface area contributed by atoms with Gasteiger partial charge >= 0.3 is 0 Å². The van der Waals surface area contributed by atoms with Gasteiger partial charge in [-0.3, -0.25) is 4.79 Å². The first-order valence-corrected chi connectivity index (χ1v) is 7.27. The monoisotopic (exact) mass is 307 g/mol. The molecular weight excluding hydrogens is 292 g/mol. The molecule has 0 fully saturated rings. The molecule has 0 heterocycles. The van der Waals surface area contributed by atoms with Gasteiger partial charge < -0.3 is 5.32 Å². The maximum atomic E-state index is 12.2. The highest BCUT2D eigenvalue weighted by Gasteiger charge is 2.10. The van der Waals surface area contributed by atoms with Crippen LogP contribution in [0.5, 0.6) is 0 Å². The maximum absolute atomic E-state index is 12.2. The number of benzene rings is 2. The molecule has 0 aliphatic rings. The van der Waals surface area contributed by atoms with E-state index in [1.165, 1.54) is 0 Å². The number of aryl methyl sites for hydroxylation is 2. The van der Waals surface area contributed by atoms with Gasteiger partial charge in [0.2, 0.25) is 0 Å². The average Bonchev–Trinajstić information content (AvgIpc) is 2.43. The van der Waals surface area contributed by atoms with Crippen LogP contribution in [0, 0.1) is 13.8 Å². The summed E-state index contributed by atoms with van der Waals surface area (Å²) in [5.74, 6) is -2.65. The van der Waals surface area contributed by atoms with Crippen LogP contribution in [0.4, 0.5) is 14.5 Å². The summed E-state index contributed by atoms with van der Waals surface area (Å²) < 4.78 is 24.5. The number of halogens is 2. The van der Waals surface area contributed by atoms with E-state index >= 15 is 0 Å². The lowest BCUT2D eigenvalue weighted by molar-refractivity contribution is 0.102. The number of hydrogen-bond acceptors (Lipinski definition) is 2. The standard InChI is InChI=1S/C16H15F2NOS/c1-10-3-4-11(2)14(9-10)15(20)19-12-5-7-13(8-6-12)21-16(17)18/h3-9,16H,1-2H3,(H,19,20). The van der Waals surface area contributed by atoms with Crippen molar-refractivity contribution in [2.75, 3.05) is 5.32 Å². The zero-order valence-corrected chi connectivity index (χ0v) is 12.5. The van der Waals surface area contributed by atoms with E-state index < -0.39 is 5.76 Å². The van der Waals surface area contributed by atoms with Crippen molar-refractivity contribution >= 4 is 23.4 Å². The van der Waals surface area contributed by atoms with Crippen molar-refractivity contribution in [2.45, 2.75) is 24.5 Å². The summed E-state index contributed by atoms with van der Waals surface area (Å²) in [7, 11) is 0. The Bertz CT molecular complexity index is 641. The first-order chi connectivity index (χ1) is 9.95. The predicted octanol–water partition coefficient (Wildman–Crippen LogP) is 4.87. The topological polar surface area (TPSA) is 29.1 Å². The molecule has 1 N–H and O–H groups in total. The van der Waals surface area contributed by atoms with Crippen molar-refractivity contribution in [3.05, 3.63) is 59.2 Å². The largest absolute Gasteiger partial charge is 0.322 e. The molecule has 0 radical (unpaired) electrons. The smallest absolute Gasteiger partial charge is 0.288 e. The fourth-order valence-electron chi connectivity index (χ4n) is 1.90. The van der Waals surface area contributed by atoms with Crippen LogP contribution in [0.3, 0.4) is 0 Å². The van der Waals surface area contributed by atoms with E-state index in [1.54, 1.807) is 24.3 Å².